The van der Waals surface area contributed by atoms with Crippen LogP contribution < -0.4 is 9.50 Å². The Bertz CT molecular complexity index is 1030. The molecule has 1 aliphatic rings. The maximum absolute atomic E-state index is 12.4. The molecule has 1 saturated heterocycles. The van der Waals surface area contributed by atoms with E-state index in [1.165, 1.54) is 30.1 Å². The Hall–Kier alpha value is -2.65. The van der Waals surface area contributed by atoms with Gasteiger partial charge in [0.2, 0.25) is 5.91 Å². The molecule has 1 heterocycles. The number of thioether (sulfide) groups is 1. The Kier molecular flexibility index (Phi) is 6.15. The third-order valence-electron chi connectivity index (χ3n) is 3.88. The zero-order chi connectivity index (χ0) is 20.1. The molecule has 1 aliphatic heterocycles. The fourth-order valence-electron chi connectivity index (χ4n) is 2.40. The zero-order valence-corrected chi connectivity index (χ0v) is 17.0. The highest BCUT2D eigenvalue weighted by Crippen LogP contribution is 2.22. The first kappa shape index (κ1) is 20.1. The van der Waals surface area contributed by atoms with Gasteiger partial charge in [0, 0.05) is 0 Å². The number of hydrogen-bond acceptors (Lipinski definition) is 7. The lowest BCUT2D eigenvalue weighted by molar-refractivity contribution is -0.118. The van der Waals surface area contributed by atoms with E-state index in [0.29, 0.717) is 17.2 Å². The molecular weight excluding hydrogens is 398 g/mol. The molecule has 2 aromatic rings. The second-order valence-corrected chi connectivity index (χ2v) is 8.81. The molecule has 9 heteroatoms. The Labute approximate surface area is 168 Å². The van der Waals surface area contributed by atoms with E-state index in [1.54, 1.807) is 36.4 Å². The predicted molar refractivity (Wildman–Crippen MR) is 110 cm³/mol. The van der Waals surface area contributed by atoms with Gasteiger partial charge in [-0.1, -0.05) is 48.5 Å². The standard InChI is InChI=1S/C19H19N3O4S2/c1-3-17-18(23)21-19(27-17)22-20-12-14-5-4-6-15(11-14)26-28(24,25)16-9-7-13(2)8-10-16/h4-12,17H,3H2,1-2H3,(H,21,22,23)/b20-12-/t17-/m0/s1. The predicted octanol–water partition coefficient (Wildman–Crippen LogP) is 3.09. The number of rotatable bonds is 6. The molecule has 0 aliphatic carbocycles. The maximum Gasteiger partial charge on any atom is 0.339 e. The van der Waals surface area contributed by atoms with Crippen molar-refractivity contribution in [1.82, 2.24) is 5.32 Å². The highest BCUT2D eigenvalue weighted by molar-refractivity contribution is 8.15. The number of carbonyl (C=O) groups is 1. The van der Waals surface area contributed by atoms with Crippen molar-refractivity contribution >= 4 is 39.2 Å². The van der Waals surface area contributed by atoms with Crippen LogP contribution in [0.1, 0.15) is 24.5 Å². The summed E-state index contributed by atoms with van der Waals surface area (Å²) in [6, 6.07) is 12.9. The first-order chi connectivity index (χ1) is 13.4. The summed E-state index contributed by atoms with van der Waals surface area (Å²) >= 11 is 1.34. The van der Waals surface area contributed by atoms with Gasteiger partial charge in [0.15, 0.2) is 5.17 Å². The normalized spacial score (nSPS) is 18.6. The van der Waals surface area contributed by atoms with Crippen LogP contribution in [0.25, 0.3) is 0 Å². The lowest BCUT2D eigenvalue weighted by atomic mass is 10.2. The summed E-state index contributed by atoms with van der Waals surface area (Å²) in [4.78, 5) is 11.7. The largest absolute Gasteiger partial charge is 0.379 e. The van der Waals surface area contributed by atoms with Gasteiger partial charge in [-0.2, -0.15) is 13.5 Å². The second-order valence-electron chi connectivity index (χ2n) is 6.08. The molecule has 1 atom stereocenters. The van der Waals surface area contributed by atoms with Crippen molar-refractivity contribution in [1.29, 1.82) is 0 Å². The lowest BCUT2D eigenvalue weighted by Crippen LogP contribution is -2.24. The number of nitrogens with zero attached hydrogens (tertiary/aromatic N) is 2. The van der Waals surface area contributed by atoms with Crippen LogP contribution in [0.5, 0.6) is 5.75 Å². The van der Waals surface area contributed by atoms with Gasteiger partial charge in [0.05, 0.1) is 11.5 Å². The molecular formula is C19H19N3O4S2. The van der Waals surface area contributed by atoms with Gasteiger partial charge in [0.1, 0.15) is 10.6 Å². The van der Waals surface area contributed by atoms with Crippen LogP contribution in [0.4, 0.5) is 0 Å². The summed E-state index contributed by atoms with van der Waals surface area (Å²) in [7, 11) is -3.92. The first-order valence-electron chi connectivity index (χ1n) is 8.57. The van der Waals surface area contributed by atoms with E-state index in [0.717, 1.165) is 5.56 Å². The molecule has 0 aromatic heterocycles. The minimum atomic E-state index is -3.92. The van der Waals surface area contributed by atoms with E-state index in [9.17, 15) is 13.2 Å². The van der Waals surface area contributed by atoms with Crippen molar-refractivity contribution in [2.75, 3.05) is 0 Å². The van der Waals surface area contributed by atoms with Crippen LogP contribution in [0, 0.1) is 6.92 Å². The highest BCUT2D eigenvalue weighted by atomic mass is 32.2. The van der Waals surface area contributed by atoms with Gasteiger partial charge in [-0.25, -0.2) is 0 Å². The van der Waals surface area contributed by atoms with Crippen LogP contribution in [0.3, 0.4) is 0 Å². The average Bonchev–Trinajstić information content (AvgIpc) is 3.02. The summed E-state index contributed by atoms with van der Waals surface area (Å²) in [6.45, 7) is 3.81. The van der Waals surface area contributed by atoms with Gasteiger partial charge in [-0.3, -0.25) is 4.79 Å². The minimum absolute atomic E-state index is 0.0711. The smallest absolute Gasteiger partial charge is 0.339 e. The Balaban J connectivity index is 1.70. The molecule has 28 heavy (non-hydrogen) atoms. The molecule has 1 N–H and O–H groups in total. The molecule has 0 bridgehead atoms. The third-order valence-corrected chi connectivity index (χ3v) is 6.38. The SMILES string of the molecule is CC[C@@H]1S/C(=N\N=C/c2cccc(OS(=O)(=O)c3ccc(C)cc3)c2)NC1=O. The highest BCUT2D eigenvalue weighted by Gasteiger charge is 2.28. The molecule has 1 fully saturated rings. The van der Waals surface area contributed by atoms with Crippen LogP contribution in [-0.4, -0.2) is 31.0 Å². The summed E-state index contributed by atoms with van der Waals surface area (Å²) in [5.41, 5.74) is 1.57. The van der Waals surface area contributed by atoms with Crippen LogP contribution in [0.15, 0.2) is 63.6 Å². The van der Waals surface area contributed by atoms with Crippen LogP contribution in [0.2, 0.25) is 0 Å². The topological polar surface area (TPSA) is 97.2 Å². The quantitative estimate of drug-likeness (QED) is 0.443. The van der Waals surface area contributed by atoms with E-state index in [4.69, 9.17) is 4.18 Å². The number of amidine groups is 1. The van der Waals surface area contributed by atoms with Crippen molar-refractivity contribution < 1.29 is 17.4 Å². The van der Waals surface area contributed by atoms with E-state index < -0.39 is 10.1 Å². The second kappa shape index (κ2) is 8.57. The molecule has 0 spiro atoms. The number of amides is 1. The first-order valence-corrected chi connectivity index (χ1v) is 10.9. The minimum Gasteiger partial charge on any atom is -0.379 e. The Morgan fingerprint density at radius 3 is 2.64 bits per heavy atom. The average molecular weight is 418 g/mol. The fourth-order valence-corrected chi connectivity index (χ4v) is 4.17. The van der Waals surface area contributed by atoms with Crippen molar-refractivity contribution in [2.24, 2.45) is 10.2 Å². The summed E-state index contributed by atoms with van der Waals surface area (Å²) in [5.74, 6) is 0.102. The zero-order valence-electron chi connectivity index (χ0n) is 15.3. The Morgan fingerprint density at radius 1 is 1.21 bits per heavy atom. The van der Waals surface area contributed by atoms with Gasteiger partial charge in [-0.05, 0) is 43.2 Å². The van der Waals surface area contributed by atoms with E-state index >= 15 is 0 Å². The summed E-state index contributed by atoms with van der Waals surface area (Å²) in [5, 5.41) is 10.9. The van der Waals surface area contributed by atoms with Crippen LogP contribution in [-0.2, 0) is 14.9 Å². The van der Waals surface area contributed by atoms with Crippen molar-refractivity contribution in [3.63, 3.8) is 0 Å². The molecule has 1 amide bonds. The number of hydrogen-bond donors (Lipinski definition) is 1. The number of nitrogens with one attached hydrogen (secondary N) is 1. The molecule has 146 valence electrons. The third kappa shape index (κ3) is 4.99. The Morgan fingerprint density at radius 2 is 1.96 bits per heavy atom. The van der Waals surface area contributed by atoms with Crippen molar-refractivity contribution in [2.45, 2.75) is 30.4 Å². The monoisotopic (exact) mass is 417 g/mol. The van der Waals surface area contributed by atoms with Gasteiger partial charge < -0.3 is 9.50 Å². The molecule has 0 saturated carbocycles. The van der Waals surface area contributed by atoms with E-state index in [-0.39, 0.29) is 21.8 Å². The summed E-state index contributed by atoms with van der Waals surface area (Å²) < 4.78 is 30.0. The summed E-state index contributed by atoms with van der Waals surface area (Å²) in [6.07, 6.45) is 2.18. The van der Waals surface area contributed by atoms with Crippen molar-refractivity contribution in [3.05, 3.63) is 59.7 Å². The van der Waals surface area contributed by atoms with Gasteiger partial charge >= 0.3 is 10.1 Å². The van der Waals surface area contributed by atoms with E-state index in [1.807, 2.05) is 13.8 Å². The molecule has 3 rings (SSSR count). The molecule has 0 radical (unpaired) electrons. The number of carbonyl (C=O) groups excluding carboxylic acids is 1. The van der Waals surface area contributed by atoms with Crippen molar-refractivity contribution in [3.8, 4) is 5.75 Å². The maximum atomic E-state index is 12.4. The lowest BCUT2D eigenvalue weighted by Gasteiger charge is -2.07. The van der Waals surface area contributed by atoms with E-state index in [2.05, 4.69) is 15.5 Å². The fraction of sp³-hybridized carbons (Fsp3) is 0.211. The van der Waals surface area contributed by atoms with Gasteiger partial charge in [-0.15, -0.1) is 5.10 Å². The van der Waals surface area contributed by atoms with Gasteiger partial charge in [0.25, 0.3) is 0 Å². The number of benzene rings is 2. The van der Waals surface area contributed by atoms with Crippen LogP contribution >= 0.6 is 11.8 Å². The number of aryl methyl sites for hydroxylation is 1. The molecule has 2 aromatic carbocycles. The molecule has 7 nitrogen and oxygen atoms in total. The molecule has 0 unspecified atom stereocenters.